The largest absolute Gasteiger partial charge is 0.391 e. The lowest BCUT2D eigenvalue weighted by Gasteiger charge is -2.26. The third-order valence-corrected chi connectivity index (χ3v) is 6.27. The smallest absolute Gasteiger partial charge is 0.254 e. The molecular formula is C28H25N3O3. The highest BCUT2D eigenvalue weighted by Gasteiger charge is 2.35. The van der Waals surface area contributed by atoms with Crippen molar-refractivity contribution in [3.63, 3.8) is 0 Å². The highest BCUT2D eigenvalue weighted by molar-refractivity contribution is 6.05. The first-order valence-electron chi connectivity index (χ1n) is 11.4. The van der Waals surface area contributed by atoms with Gasteiger partial charge in [-0.2, -0.15) is 0 Å². The highest BCUT2D eigenvalue weighted by atomic mass is 16.3. The number of nitrogens with one attached hydrogen (secondary N) is 1. The van der Waals surface area contributed by atoms with Crippen molar-refractivity contribution in [1.29, 1.82) is 0 Å². The minimum Gasteiger partial charge on any atom is -0.391 e. The van der Waals surface area contributed by atoms with Gasteiger partial charge in [-0.15, -0.1) is 0 Å². The van der Waals surface area contributed by atoms with Crippen molar-refractivity contribution in [2.45, 2.75) is 18.6 Å². The van der Waals surface area contributed by atoms with Gasteiger partial charge in [-0.1, -0.05) is 66.7 Å². The second-order valence-electron chi connectivity index (χ2n) is 8.50. The number of nitrogens with zero attached hydrogens (tertiary/aromatic N) is 2. The molecule has 0 bridgehead atoms. The summed E-state index contributed by atoms with van der Waals surface area (Å²) in [6, 6.07) is 26.2. The Balaban J connectivity index is 1.36. The van der Waals surface area contributed by atoms with Gasteiger partial charge in [0.1, 0.15) is 0 Å². The van der Waals surface area contributed by atoms with E-state index in [0.29, 0.717) is 23.1 Å². The summed E-state index contributed by atoms with van der Waals surface area (Å²) in [7, 11) is 0. The number of carbonyl (C=O) groups excluding carboxylic acids is 2. The van der Waals surface area contributed by atoms with Crippen molar-refractivity contribution >= 4 is 22.7 Å². The van der Waals surface area contributed by atoms with Gasteiger partial charge in [0.25, 0.3) is 11.8 Å². The van der Waals surface area contributed by atoms with E-state index in [1.54, 1.807) is 17.2 Å². The van der Waals surface area contributed by atoms with Crippen LogP contribution in [-0.4, -0.2) is 52.0 Å². The van der Waals surface area contributed by atoms with Crippen LogP contribution >= 0.6 is 0 Å². The predicted molar refractivity (Wildman–Crippen MR) is 131 cm³/mol. The molecule has 2 N–H and O–H groups in total. The van der Waals surface area contributed by atoms with E-state index in [2.05, 4.69) is 10.3 Å². The van der Waals surface area contributed by atoms with E-state index < -0.39 is 6.10 Å². The number of β-amino-alcohol motifs (C(OH)–C–C–N with tert-alkyl or cyclic N) is 1. The standard InChI is InChI=1S/C28H25N3O3/c32-22-16-21(17-30-27(33)25-14-6-10-20-11-7-15-29-26(20)25)31(18-22)28(34)24-13-5-4-12-23(24)19-8-2-1-3-9-19/h1-15,21-22,32H,16-18H2,(H,30,33)/t21-,22?/m0/s1. The number of carbonyl (C=O) groups is 2. The molecule has 170 valence electrons. The van der Waals surface area contributed by atoms with Crippen LogP contribution in [0.15, 0.2) is 91.1 Å². The molecule has 1 aliphatic heterocycles. The fourth-order valence-corrected chi connectivity index (χ4v) is 4.62. The molecule has 2 heterocycles. The molecule has 1 saturated heterocycles. The molecule has 4 aromatic rings. The maximum absolute atomic E-state index is 13.6. The summed E-state index contributed by atoms with van der Waals surface area (Å²) in [5.41, 5.74) is 3.51. The van der Waals surface area contributed by atoms with Crippen LogP contribution in [0.4, 0.5) is 0 Å². The molecule has 0 aliphatic carbocycles. The number of para-hydroxylation sites is 1. The molecule has 1 aliphatic rings. The van der Waals surface area contributed by atoms with Crippen molar-refractivity contribution in [1.82, 2.24) is 15.2 Å². The highest BCUT2D eigenvalue weighted by Crippen LogP contribution is 2.28. The van der Waals surface area contributed by atoms with Crippen LogP contribution in [0.5, 0.6) is 0 Å². The lowest BCUT2D eigenvalue weighted by molar-refractivity contribution is 0.0708. The van der Waals surface area contributed by atoms with Crippen molar-refractivity contribution in [2.75, 3.05) is 13.1 Å². The lowest BCUT2D eigenvalue weighted by atomic mass is 9.98. The number of amides is 2. The van der Waals surface area contributed by atoms with Gasteiger partial charge in [-0.3, -0.25) is 14.6 Å². The van der Waals surface area contributed by atoms with E-state index >= 15 is 0 Å². The Bertz CT molecular complexity index is 1330. The number of benzene rings is 3. The molecule has 1 fully saturated rings. The number of fused-ring (bicyclic) bond motifs is 1. The van der Waals surface area contributed by atoms with Gasteiger partial charge in [0.2, 0.25) is 0 Å². The molecule has 34 heavy (non-hydrogen) atoms. The topological polar surface area (TPSA) is 82.5 Å². The third kappa shape index (κ3) is 4.28. The van der Waals surface area contributed by atoms with E-state index in [-0.39, 0.29) is 30.9 Å². The van der Waals surface area contributed by atoms with Crippen LogP contribution in [0.1, 0.15) is 27.1 Å². The maximum atomic E-state index is 13.6. The van der Waals surface area contributed by atoms with Gasteiger partial charge in [-0.05, 0) is 35.7 Å². The predicted octanol–water partition coefficient (Wildman–Crippen LogP) is 3.91. The number of aromatic nitrogens is 1. The lowest BCUT2D eigenvalue weighted by Crippen LogP contribution is -2.43. The molecule has 1 unspecified atom stereocenters. The Morgan fingerprint density at radius 2 is 1.65 bits per heavy atom. The Kier molecular flexibility index (Phi) is 6.06. The monoisotopic (exact) mass is 451 g/mol. The van der Waals surface area contributed by atoms with E-state index in [9.17, 15) is 14.7 Å². The Labute approximate surface area is 197 Å². The van der Waals surface area contributed by atoms with Crippen molar-refractivity contribution < 1.29 is 14.7 Å². The van der Waals surface area contributed by atoms with Gasteiger partial charge < -0.3 is 15.3 Å². The minimum absolute atomic E-state index is 0.151. The van der Waals surface area contributed by atoms with Crippen molar-refractivity contribution in [3.8, 4) is 11.1 Å². The number of aliphatic hydroxyl groups excluding tert-OH is 1. The molecule has 2 amide bonds. The summed E-state index contributed by atoms with van der Waals surface area (Å²) in [4.78, 5) is 32.6. The number of likely N-dealkylation sites (tertiary alicyclic amines) is 1. The molecule has 0 radical (unpaired) electrons. The van der Waals surface area contributed by atoms with E-state index in [1.807, 2.05) is 78.9 Å². The first-order chi connectivity index (χ1) is 16.6. The Morgan fingerprint density at radius 3 is 2.50 bits per heavy atom. The summed E-state index contributed by atoms with van der Waals surface area (Å²) >= 11 is 0. The van der Waals surface area contributed by atoms with Gasteiger partial charge in [0, 0.05) is 30.2 Å². The molecule has 0 spiro atoms. The SMILES string of the molecule is O=C(NC[C@@H]1CC(O)CN1C(=O)c1ccccc1-c1ccccc1)c1cccc2cccnc12. The van der Waals surface area contributed by atoms with Crippen LogP contribution in [-0.2, 0) is 0 Å². The van der Waals surface area contributed by atoms with Gasteiger partial charge in [0.05, 0.1) is 23.2 Å². The van der Waals surface area contributed by atoms with E-state index in [4.69, 9.17) is 0 Å². The number of rotatable bonds is 5. The summed E-state index contributed by atoms with van der Waals surface area (Å²) in [5.74, 6) is -0.398. The first-order valence-corrected chi connectivity index (χ1v) is 11.4. The van der Waals surface area contributed by atoms with Crippen LogP contribution in [0.3, 0.4) is 0 Å². The number of hydrogen-bond donors (Lipinski definition) is 2. The number of hydrogen-bond acceptors (Lipinski definition) is 4. The average Bonchev–Trinajstić information content (AvgIpc) is 3.27. The van der Waals surface area contributed by atoms with Crippen molar-refractivity contribution in [2.24, 2.45) is 0 Å². The first kappa shape index (κ1) is 21.8. The zero-order chi connectivity index (χ0) is 23.5. The maximum Gasteiger partial charge on any atom is 0.254 e. The Morgan fingerprint density at radius 1 is 0.912 bits per heavy atom. The van der Waals surface area contributed by atoms with Crippen LogP contribution < -0.4 is 5.32 Å². The third-order valence-electron chi connectivity index (χ3n) is 6.27. The quantitative estimate of drug-likeness (QED) is 0.482. The summed E-state index contributed by atoms with van der Waals surface area (Å²) in [5, 5.41) is 14.2. The molecule has 0 saturated carbocycles. The Hall–Kier alpha value is -4.03. The van der Waals surface area contributed by atoms with Gasteiger partial charge >= 0.3 is 0 Å². The fourth-order valence-electron chi connectivity index (χ4n) is 4.62. The molecule has 6 heteroatoms. The van der Waals surface area contributed by atoms with Crippen LogP contribution in [0, 0.1) is 0 Å². The normalized spacial score (nSPS) is 17.6. The number of aliphatic hydroxyl groups is 1. The van der Waals surface area contributed by atoms with Crippen molar-refractivity contribution in [3.05, 3.63) is 102 Å². The summed E-state index contributed by atoms with van der Waals surface area (Å²) < 4.78 is 0. The second-order valence-corrected chi connectivity index (χ2v) is 8.50. The molecule has 6 nitrogen and oxygen atoms in total. The molecule has 2 atom stereocenters. The minimum atomic E-state index is -0.631. The van der Waals surface area contributed by atoms with Crippen LogP contribution in [0.25, 0.3) is 22.0 Å². The van der Waals surface area contributed by atoms with E-state index in [1.165, 1.54) is 0 Å². The fraction of sp³-hybridized carbons (Fsp3) is 0.179. The van der Waals surface area contributed by atoms with Gasteiger partial charge in [0.15, 0.2) is 0 Å². The second kappa shape index (κ2) is 9.45. The zero-order valence-electron chi connectivity index (χ0n) is 18.6. The summed E-state index contributed by atoms with van der Waals surface area (Å²) in [6.45, 7) is 0.483. The molecule has 5 rings (SSSR count). The van der Waals surface area contributed by atoms with Gasteiger partial charge in [-0.25, -0.2) is 0 Å². The van der Waals surface area contributed by atoms with E-state index in [0.717, 1.165) is 16.5 Å². The molecular weight excluding hydrogens is 426 g/mol. The zero-order valence-corrected chi connectivity index (χ0v) is 18.6. The molecule has 3 aromatic carbocycles. The van der Waals surface area contributed by atoms with Crippen LogP contribution in [0.2, 0.25) is 0 Å². The number of pyridine rings is 1. The summed E-state index contributed by atoms with van der Waals surface area (Å²) in [6.07, 6.45) is 1.44. The molecule has 1 aromatic heterocycles. The average molecular weight is 452 g/mol.